The average Bonchev–Trinajstić information content (AvgIpc) is 3.28. The van der Waals surface area contributed by atoms with E-state index in [1.54, 1.807) is 35.6 Å². The second kappa shape index (κ2) is 10.3. The molecule has 1 aromatic heterocycles. The van der Waals surface area contributed by atoms with Crippen LogP contribution in [0.4, 0.5) is 5.13 Å². The van der Waals surface area contributed by atoms with Gasteiger partial charge in [0, 0.05) is 32.6 Å². The van der Waals surface area contributed by atoms with Gasteiger partial charge in [0.2, 0.25) is 5.91 Å². The largest absolute Gasteiger partial charge is 0.497 e. The number of thiazole rings is 1. The molecule has 0 aliphatic carbocycles. The molecule has 7 nitrogen and oxygen atoms in total. The first-order chi connectivity index (χ1) is 16.3. The van der Waals surface area contributed by atoms with Crippen LogP contribution < -0.4 is 9.64 Å². The summed E-state index contributed by atoms with van der Waals surface area (Å²) in [6, 6.07) is 12.7. The molecule has 1 amide bonds. The van der Waals surface area contributed by atoms with Crippen molar-refractivity contribution in [2.24, 2.45) is 0 Å². The van der Waals surface area contributed by atoms with Crippen molar-refractivity contribution < 1.29 is 17.9 Å². The number of nitrogens with zero attached hydrogens (tertiary/aromatic N) is 3. The zero-order valence-corrected chi connectivity index (χ0v) is 21.5. The number of methoxy groups -OCH3 is 1. The zero-order chi connectivity index (χ0) is 24.3. The molecule has 1 saturated heterocycles. The van der Waals surface area contributed by atoms with Gasteiger partial charge in [0.25, 0.3) is 0 Å². The van der Waals surface area contributed by atoms with Gasteiger partial charge in [0.1, 0.15) is 5.75 Å². The summed E-state index contributed by atoms with van der Waals surface area (Å²) in [6.07, 6.45) is 0.539. The summed E-state index contributed by atoms with van der Waals surface area (Å²) >= 11 is 1.70. The third-order valence-electron chi connectivity index (χ3n) is 6.19. The molecule has 34 heavy (non-hydrogen) atoms. The van der Waals surface area contributed by atoms with Gasteiger partial charge in [0.15, 0.2) is 15.0 Å². The van der Waals surface area contributed by atoms with Crippen LogP contribution in [0.3, 0.4) is 0 Å². The molecule has 1 aliphatic heterocycles. The summed E-state index contributed by atoms with van der Waals surface area (Å²) in [5.41, 5.74) is 2.34. The lowest BCUT2D eigenvalue weighted by molar-refractivity contribution is -0.131. The highest BCUT2D eigenvalue weighted by atomic mass is 32.2. The molecular weight excluding hydrogens is 470 g/mol. The van der Waals surface area contributed by atoms with Gasteiger partial charge in [-0.05, 0) is 48.2 Å². The van der Waals surface area contributed by atoms with Crippen LogP contribution in [0.15, 0.2) is 47.4 Å². The second-order valence-corrected chi connectivity index (χ2v) is 11.9. The van der Waals surface area contributed by atoms with Crippen LogP contribution in [0.2, 0.25) is 0 Å². The van der Waals surface area contributed by atoms with E-state index in [0.29, 0.717) is 31.2 Å². The van der Waals surface area contributed by atoms with Gasteiger partial charge in [-0.15, -0.1) is 0 Å². The maximum absolute atomic E-state index is 12.7. The smallest absolute Gasteiger partial charge is 0.222 e. The molecule has 2 aromatic carbocycles. The van der Waals surface area contributed by atoms with Crippen molar-refractivity contribution in [3.8, 4) is 5.75 Å². The number of para-hydroxylation sites is 1. The Balaban J connectivity index is 1.29. The Morgan fingerprint density at radius 3 is 2.44 bits per heavy atom. The molecule has 0 spiro atoms. The fourth-order valence-corrected chi connectivity index (χ4v) is 6.54. The molecule has 0 atom stereocenters. The number of benzene rings is 2. The molecule has 182 valence electrons. The topological polar surface area (TPSA) is 79.8 Å². The number of sulfone groups is 1. The highest BCUT2D eigenvalue weighted by Gasteiger charge is 2.24. The van der Waals surface area contributed by atoms with E-state index in [2.05, 4.69) is 36.9 Å². The van der Waals surface area contributed by atoms with Gasteiger partial charge >= 0.3 is 0 Å². The number of aromatic nitrogens is 1. The number of carbonyl (C=O) groups is 1. The van der Waals surface area contributed by atoms with Crippen LogP contribution >= 0.6 is 11.3 Å². The molecule has 1 fully saturated rings. The van der Waals surface area contributed by atoms with E-state index in [0.717, 1.165) is 23.7 Å². The summed E-state index contributed by atoms with van der Waals surface area (Å²) in [6.45, 7) is 7.06. The van der Waals surface area contributed by atoms with Crippen molar-refractivity contribution in [3.05, 3.63) is 48.0 Å². The Morgan fingerprint density at radius 2 is 1.79 bits per heavy atom. The maximum atomic E-state index is 12.7. The standard InChI is InChI=1S/C25H31N3O4S2/c1-18(2)21-6-4-7-22-24(21)26-25(33-22)28-15-13-27(14-16-28)23(29)8-5-17-34(30,31)20-11-9-19(32-3)10-12-20/h4,6-7,9-12,18H,5,8,13-17H2,1-3H3. The summed E-state index contributed by atoms with van der Waals surface area (Å²) in [7, 11) is -1.88. The zero-order valence-electron chi connectivity index (χ0n) is 19.9. The van der Waals surface area contributed by atoms with Crippen LogP contribution in [0.5, 0.6) is 5.75 Å². The van der Waals surface area contributed by atoms with E-state index in [9.17, 15) is 13.2 Å². The molecule has 4 rings (SSSR count). The SMILES string of the molecule is COc1ccc(S(=O)(=O)CCCC(=O)N2CCN(c3nc4c(C(C)C)cccc4s3)CC2)cc1. The quantitative estimate of drug-likeness (QED) is 0.457. The number of ether oxygens (including phenoxy) is 1. The molecule has 0 radical (unpaired) electrons. The number of hydrogen-bond donors (Lipinski definition) is 0. The fourth-order valence-electron chi connectivity index (χ4n) is 4.18. The Labute approximate surface area is 205 Å². The molecule has 2 heterocycles. The molecule has 9 heteroatoms. The number of hydrogen-bond acceptors (Lipinski definition) is 7. The number of rotatable bonds is 8. The molecule has 1 aliphatic rings. The first-order valence-electron chi connectivity index (χ1n) is 11.6. The van der Waals surface area contributed by atoms with Crippen molar-refractivity contribution in [3.63, 3.8) is 0 Å². The lowest BCUT2D eigenvalue weighted by Crippen LogP contribution is -2.48. The summed E-state index contributed by atoms with van der Waals surface area (Å²) in [5, 5.41) is 1.00. The van der Waals surface area contributed by atoms with Crippen molar-refractivity contribution in [1.82, 2.24) is 9.88 Å². The third-order valence-corrected chi connectivity index (χ3v) is 9.08. The van der Waals surface area contributed by atoms with E-state index in [1.807, 2.05) is 4.90 Å². The maximum Gasteiger partial charge on any atom is 0.222 e. The first-order valence-corrected chi connectivity index (χ1v) is 14.0. The molecule has 3 aromatic rings. The van der Waals surface area contributed by atoms with Crippen molar-refractivity contribution in [2.75, 3.05) is 43.9 Å². The number of amides is 1. The highest BCUT2D eigenvalue weighted by Crippen LogP contribution is 2.33. The Hall–Kier alpha value is -2.65. The van der Waals surface area contributed by atoms with Crippen molar-refractivity contribution >= 4 is 42.4 Å². The van der Waals surface area contributed by atoms with Gasteiger partial charge < -0.3 is 14.5 Å². The predicted molar refractivity (Wildman–Crippen MR) is 137 cm³/mol. The third kappa shape index (κ3) is 5.36. The molecule has 0 saturated carbocycles. The molecule has 0 unspecified atom stereocenters. The summed E-state index contributed by atoms with van der Waals surface area (Å²) in [4.78, 5) is 21.9. The first kappa shape index (κ1) is 24.5. The normalized spacial score (nSPS) is 14.7. The Kier molecular flexibility index (Phi) is 7.42. The van der Waals surface area contributed by atoms with Crippen LogP contribution in [-0.2, 0) is 14.6 Å². The van der Waals surface area contributed by atoms with Gasteiger partial charge in [-0.2, -0.15) is 0 Å². The Morgan fingerprint density at radius 1 is 1.09 bits per heavy atom. The second-order valence-electron chi connectivity index (χ2n) is 8.81. The van der Waals surface area contributed by atoms with Crippen molar-refractivity contribution in [2.45, 2.75) is 37.5 Å². The van der Waals surface area contributed by atoms with Crippen LogP contribution in [0.1, 0.15) is 38.2 Å². The summed E-state index contributed by atoms with van der Waals surface area (Å²) in [5.74, 6) is 0.992. The highest BCUT2D eigenvalue weighted by molar-refractivity contribution is 7.91. The van der Waals surface area contributed by atoms with E-state index >= 15 is 0 Å². The van der Waals surface area contributed by atoms with Crippen LogP contribution in [0.25, 0.3) is 10.2 Å². The summed E-state index contributed by atoms with van der Waals surface area (Å²) < 4.78 is 31.4. The van der Waals surface area contributed by atoms with Gasteiger partial charge in [-0.25, -0.2) is 13.4 Å². The average molecular weight is 502 g/mol. The van der Waals surface area contributed by atoms with Crippen molar-refractivity contribution in [1.29, 1.82) is 0 Å². The monoisotopic (exact) mass is 501 g/mol. The molecule has 0 N–H and O–H groups in total. The van der Waals surface area contributed by atoms with Crippen LogP contribution in [-0.4, -0.2) is 63.3 Å². The van der Waals surface area contributed by atoms with Gasteiger partial charge in [-0.3, -0.25) is 4.79 Å². The van der Waals surface area contributed by atoms with E-state index in [4.69, 9.17) is 9.72 Å². The lowest BCUT2D eigenvalue weighted by atomic mass is 10.0. The Bertz CT molecular complexity index is 1240. The minimum atomic E-state index is -3.42. The molecular formula is C25H31N3O4S2. The number of piperazine rings is 1. The minimum absolute atomic E-state index is 0.0102. The van der Waals surface area contributed by atoms with E-state index in [1.165, 1.54) is 17.4 Å². The fraction of sp³-hybridized carbons (Fsp3) is 0.440. The van der Waals surface area contributed by atoms with Gasteiger partial charge in [-0.1, -0.05) is 37.3 Å². The van der Waals surface area contributed by atoms with Crippen LogP contribution in [0, 0.1) is 0 Å². The van der Waals surface area contributed by atoms with Gasteiger partial charge in [0.05, 0.1) is 28.0 Å². The van der Waals surface area contributed by atoms with E-state index < -0.39 is 9.84 Å². The predicted octanol–water partition coefficient (Wildman–Crippen LogP) is 4.33. The minimum Gasteiger partial charge on any atom is -0.497 e. The number of anilines is 1. The van der Waals surface area contributed by atoms with E-state index in [-0.39, 0.29) is 23.0 Å². The number of carbonyl (C=O) groups excluding carboxylic acids is 1. The lowest BCUT2D eigenvalue weighted by Gasteiger charge is -2.34. The number of fused-ring (bicyclic) bond motifs is 1. The molecule has 0 bridgehead atoms.